The number of aromatic nitrogens is 3. The van der Waals surface area contributed by atoms with E-state index in [2.05, 4.69) is 10.1 Å². The van der Waals surface area contributed by atoms with Crippen LogP contribution in [0, 0.1) is 5.82 Å². The molecule has 0 fully saturated rings. The summed E-state index contributed by atoms with van der Waals surface area (Å²) in [6.07, 6.45) is 1.46. The molecule has 0 aliphatic carbocycles. The number of ether oxygens (including phenoxy) is 1. The van der Waals surface area contributed by atoms with Gasteiger partial charge in [-0.25, -0.2) is 14.2 Å². The van der Waals surface area contributed by atoms with Crippen LogP contribution >= 0.6 is 0 Å². The van der Waals surface area contributed by atoms with Gasteiger partial charge in [0.05, 0.1) is 13.7 Å². The quantitative estimate of drug-likeness (QED) is 0.538. The highest BCUT2D eigenvalue weighted by Gasteiger charge is 2.13. The van der Waals surface area contributed by atoms with E-state index in [4.69, 9.17) is 13.6 Å². The Morgan fingerprint density at radius 2 is 1.70 bits per heavy atom. The van der Waals surface area contributed by atoms with E-state index in [1.807, 2.05) is 12.1 Å². The van der Waals surface area contributed by atoms with E-state index in [0.717, 1.165) is 16.0 Å². The van der Waals surface area contributed by atoms with Gasteiger partial charge in [0, 0.05) is 11.1 Å². The van der Waals surface area contributed by atoms with Gasteiger partial charge in [-0.3, -0.25) is 0 Å². The fourth-order valence-corrected chi connectivity index (χ4v) is 2.51. The molecule has 0 atom stereocenters. The summed E-state index contributed by atoms with van der Waals surface area (Å²) >= 11 is 0. The predicted molar refractivity (Wildman–Crippen MR) is 93.8 cm³/mol. The van der Waals surface area contributed by atoms with Crippen LogP contribution in [0.15, 0.2) is 68.4 Å². The van der Waals surface area contributed by atoms with Crippen molar-refractivity contribution in [2.24, 2.45) is 0 Å². The Morgan fingerprint density at radius 1 is 1.04 bits per heavy atom. The number of methoxy groups -OCH3 is 1. The van der Waals surface area contributed by atoms with Crippen LogP contribution in [0.25, 0.3) is 22.9 Å². The molecule has 0 amide bonds. The second kappa shape index (κ2) is 6.91. The van der Waals surface area contributed by atoms with Gasteiger partial charge in [0.2, 0.25) is 11.8 Å². The maximum absolute atomic E-state index is 13.0. The van der Waals surface area contributed by atoms with E-state index >= 15 is 0 Å². The zero-order valence-electron chi connectivity index (χ0n) is 14.3. The molecule has 0 aliphatic rings. The molecule has 2 aromatic heterocycles. The lowest BCUT2D eigenvalue weighted by molar-refractivity contribution is 0.415. The highest BCUT2D eigenvalue weighted by molar-refractivity contribution is 5.54. The van der Waals surface area contributed by atoms with E-state index in [1.165, 1.54) is 30.5 Å². The molecule has 2 aromatic carbocycles. The number of rotatable bonds is 5. The summed E-state index contributed by atoms with van der Waals surface area (Å²) in [5.41, 5.74) is 1.80. The molecule has 0 saturated carbocycles. The highest BCUT2D eigenvalue weighted by Crippen LogP contribution is 2.22. The molecule has 2 heterocycles. The summed E-state index contributed by atoms with van der Waals surface area (Å²) in [6.45, 7) is 0.0865. The Kier molecular flexibility index (Phi) is 4.29. The van der Waals surface area contributed by atoms with Crippen molar-refractivity contribution in [3.63, 3.8) is 0 Å². The van der Waals surface area contributed by atoms with Crippen molar-refractivity contribution < 1.29 is 18.0 Å². The molecule has 0 radical (unpaired) electrons. The summed E-state index contributed by atoms with van der Waals surface area (Å²) in [6, 6.07) is 12.8. The van der Waals surface area contributed by atoms with Crippen molar-refractivity contribution in [1.82, 2.24) is 14.8 Å². The predicted octanol–water partition coefficient (Wildman–Crippen LogP) is 3.35. The maximum Gasteiger partial charge on any atom is 0.437 e. The minimum Gasteiger partial charge on any atom is -0.497 e. The standard InChI is InChI=1S/C19H14FN3O4/c1-25-16-8-4-12(5-9-16)17-21-15(11-26-17)10-23-19(24)27-18(22-23)13-2-6-14(20)7-3-13/h2-9,11H,10H2,1H3. The SMILES string of the molecule is COc1ccc(-c2nc(Cn3nc(-c4ccc(F)cc4)oc3=O)co2)cc1. The Labute approximate surface area is 152 Å². The monoisotopic (exact) mass is 367 g/mol. The second-order valence-electron chi connectivity index (χ2n) is 5.71. The first-order valence-electron chi connectivity index (χ1n) is 8.05. The van der Waals surface area contributed by atoms with Crippen molar-refractivity contribution in [2.45, 2.75) is 6.54 Å². The second-order valence-corrected chi connectivity index (χ2v) is 5.71. The Balaban J connectivity index is 1.55. The van der Waals surface area contributed by atoms with Crippen molar-refractivity contribution in [1.29, 1.82) is 0 Å². The van der Waals surface area contributed by atoms with Gasteiger partial charge < -0.3 is 13.6 Å². The Morgan fingerprint density at radius 3 is 2.41 bits per heavy atom. The largest absolute Gasteiger partial charge is 0.497 e. The molecule has 0 aliphatic heterocycles. The summed E-state index contributed by atoms with van der Waals surface area (Å²) in [5, 5.41) is 4.13. The third-order valence-electron chi connectivity index (χ3n) is 3.90. The molecule has 0 N–H and O–H groups in total. The maximum atomic E-state index is 13.0. The van der Waals surface area contributed by atoms with Crippen LogP contribution in [-0.4, -0.2) is 21.9 Å². The first-order chi connectivity index (χ1) is 13.1. The van der Waals surface area contributed by atoms with Crippen molar-refractivity contribution in [3.8, 4) is 28.7 Å². The van der Waals surface area contributed by atoms with Crippen LogP contribution in [0.3, 0.4) is 0 Å². The van der Waals surface area contributed by atoms with Crippen molar-refractivity contribution in [3.05, 3.63) is 76.9 Å². The lowest BCUT2D eigenvalue weighted by Gasteiger charge is -1.99. The molecular weight excluding hydrogens is 353 g/mol. The van der Waals surface area contributed by atoms with E-state index in [1.54, 1.807) is 19.2 Å². The fraction of sp³-hybridized carbons (Fsp3) is 0.105. The molecule has 0 unspecified atom stereocenters. The van der Waals surface area contributed by atoms with E-state index in [0.29, 0.717) is 17.1 Å². The molecule has 0 bridgehead atoms. The van der Waals surface area contributed by atoms with Gasteiger partial charge in [-0.2, -0.15) is 4.68 Å². The Hall–Kier alpha value is -3.68. The fourth-order valence-electron chi connectivity index (χ4n) is 2.51. The molecule has 136 valence electrons. The molecule has 8 heteroatoms. The molecule has 4 aromatic rings. The summed E-state index contributed by atoms with van der Waals surface area (Å²) in [5.74, 6) is 0.243. The molecular formula is C19H14FN3O4. The number of oxazole rings is 1. The van der Waals surface area contributed by atoms with Crippen molar-refractivity contribution >= 4 is 0 Å². The van der Waals surface area contributed by atoms with Gasteiger partial charge in [0.15, 0.2) is 0 Å². The van der Waals surface area contributed by atoms with Crippen LogP contribution in [-0.2, 0) is 6.54 Å². The average molecular weight is 367 g/mol. The molecule has 0 saturated heterocycles. The molecule has 4 rings (SSSR count). The average Bonchev–Trinajstić information content (AvgIpc) is 3.30. The van der Waals surface area contributed by atoms with Gasteiger partial charge in [-0.1, -0.05) is 0 Å². The topological polar surface area (TPSA) is 83.3 Å². The van der Waals surface area contributed by atoms with E-state index < -0.39 is 5.76 Å². The summed E-state index contributed by atoms with van der Waals surface area (Å²) in [4.78, 5) is 16.4. The van der Waals surface area contributed by atoms with Crippen LogP contribution in [0.4, 0.5) is 4.39 Å². The zero-order chi connectivity index (χ0) is 18.8. The number of hydrogen-bond acceptors (Lipinski definition) is 6. The van der Waals surface area contributed by atoms with Gasteiger partial charge in [-0.15, -0.1) is 5.10 Å². The molecule has 7 nitrogen and oxygen atoms in total. The Bertz CT molecular complexity index is 1110. The summed E-state index contributed by atoms with van der Waals surface area (Å²) in [7, 11) is 1.59. The highest BCUT2D eigenvalue weighted by atomic mass is 19.1. The first kappa shape index (κ1) is 16.8. The van der Waals surface area contributed by atoms with Gasteiger partial charge in [-0.05, 0) is 48.5 Å². The number of benzene rings is 2. The van der Waals surface area contributed by atoms with Crippen LogP contribution in [0.2, 0.25) is 0 Å². The minimum absolute atomic E-state index is 0.0865. The number of hydrogen-bond donors (Lipinski definition) is 0. The van der Waals surface area contributed by atoms with Crippen LogP contribution < -0.4 is 10.5 Å². The number of nitrogens with zero attached hydrogens (tertiary/aromatic N) is 3. The van der Waals surface area contributed by atoms with Crippen molar-refractivity contribution in [2.75, 3.05) is 7.11 Å². The van der Waals surface area contributed by atoms with Gasteiger partial charge in [0.25, 0.3) is 0 Å². The summed E-state index contributed by atoms with van der Waals surface area (Å²) < 4.78 is 29.9. The third-order valence-corrected chi connectivity index (χ3v) is 3.90. The normalized spacial score (nSPS) is 10.9. The van der Waals surface area contributed by atoms with Gasteiger partial charge in [0.1, 0.15) is 23.5 Å². The lowest BCUT2D eigenvalue weighted by Crippen LogP contribution is -2.16. The lowest BCUT2D eigenvalue weighted by atomic mass is 10.2. The third kappa shape index (κ3) is 3.50. The minimum atomic E-state index is -0.636. The first-order valence-corrected chi connectivity index (χ1v) is 8.05. The van der Waals surface area contributed by atoms with Crippen LogP contribution in [0.5, 0.6) is 5.75 Å². The van der Waals surface area contributed by atoms with Crippen LogP contribution in [0.1, 0.15) is 5.69 Å². The molecule has 0 spiro atoms. The smallest absolute Gasteiger partial charge is 0.437 e. The van der Waals surface area contributed by atoms with E-state index in [-0.39, 0.29) is 18.3 Å². The number of halogens is 1. The molecule has 27 heavy (non-hydrogen) atoms. The van der Waals surface area contributed by atoms with Gasteiger partial charge >= 0.3 is 5.76 Å². The zero-order valence-corrected chi connectivity index (χ0v) is 14.3. The van der Waals surface area contributed by atoms with E-state index in [9.17, 15) is 9.18 Å².